The van der Waals surface area contributed by atoms with Crippen molar-refractivity contribution >= 4 is 35.6 Å². The number of aliphatic carboxylic acids is 1. The van der Waals surface area contributed by atoms with Crippen molar-refractivity contribution in [2.45, 2.75) is 5.16 Å². The van der Waals surface area contributed by atoms with Crippen LogP contribution in [0.15, 0.2) is 34.3 Å². The first-order valence-electron chi connectivity index (χ1n) is 8.25. The number of methoxy groups -OCH3 is 2. The summed E-state index contributed by atoms with van der Waals surface area (Å²) in [6, 6.07) is 4.07. The lowest BCUT2D eigenvalue weighted by Gasteiger charge is -2.18. The number of thioether (sulfide) groups is 1. The molecule has 1 aliphatic rings. The van der Waals surface area contributed by atoms with Crippen molar-refractivity contribution in [1.82, 2.24) is 25.8 Å². The highest BCUT2D eigenvalue weighted by atomic mass is 32.2. The molecule has 0 bridgehead atoms. The Labute approximate surface area is 173 Å². The van der Waals surface area contributed by atoms with E-state index in [-0.39, 0.29) is 10.1 Å². The van der Waals surface area contributed by atoms with Gasteiger partial charge in [0.05, 0.1) is 19.1 Å². The molecule has 1 saturated heterocycles. The van der Waals surface area contributed by atoms with Gasteiger partial charge in [-0.3, -0.25) is 25.3 Å². The van der Waals surface area contributed by atoms with Crippen LogP contribution in [0.5, 0.6) is 11.5 Å². The summed E-state index contributed by atoms with van der Waals surface area (Å²) >= 11 is 0.631. The van der Waals surface area contributed by atoms with Gasteiger partial charge in [-0.1, -0.05) is 0 Å². The molecule has 4 N–H and O–H groups in total. The summed E-state index contributed by atoms with van der Waals surface area (Å²) in [7, 11) is 2.99. The van der Waals surface area contributed by atoms with Gasteiger partial charge in [-0.15, -0.1) is 5.10 Å². The second-order valence-electron chi connectivity index (χ2n) is 5.79. The number of benzene rings is 1. The first-order valence-corrected chi connectivity index (χ1v) is 9.07. The largest absolute Gasteiger partial charge is 0.497 e. The predicted octanol–water partition coefficient (Wildman–Crippen LogP) is 0.532. The van der Waals surface area contributed by atoms with E-state index >= 15 is 0 Å². The molecule has 0 saturated carbocycles. The van der Waals surface area contributed by atoms with E-state index in [2.05, 4.69) is 15.2 Å². The molecule has 1 aromatic heterocycles. The highest BCUT2D eigenvalue weighted by Crippen LogP contribution is 2.30. The molecular weight excluding hydrogens is 418 g/mol. The van der Waals surface area contributed by atoms with Gasteiger partial charge >= 0.3 is 12.0 Å². The number of H-pyrrole nitrogens is 1. The fourth-order valence-electron chi connectivity index (χ4n) is 2.44. The molecule has 0 atom stereocenters. The van der Waals surface area contributed by atoms with Crippen LogP contribution in [-0.2, 0) is 14.4 Å². The summed E-state index contributed by atoms with van der Waals surface area (Å²) in [5, 5.41) is 19.9. The van der Waals surface area contributed by atoms with Gasteiger partial charge < -0.3 is 14.6 Å². The Hall–Kier alpha value is -3.87. The number of carbonyl (C=O) groups is 4. The topological polar surface area (TPSA) is 173 Å². The highest BCUT2D eigenvalue weighted by molar-refractivity contribution is 8.03. The van der Waals surface area contributed by atoms with Gasteiger partial charge in [-0.25, -0.2) is 14.6 Å². The minimum atomic E-state index is -1.48. The molecule has 1 fully saturated rings. The Morgan fingerprint density at radius 3 is 2.23 bits per heavy atom. The smallest absolute Gasteiger partial charge is 0.342 e. The van der Waals surface area contributed by atoms with E-state index < -0.39 is 29.7 Å². The van der Waals surface area contributed by atoms with Gasteiger partial charge in [0.25, 0.3) is 0 Å². The molecule has 0 spiro atoms. The Morgan fingerprint density at radius 2 is 1.70 bits per heavy atom. The quantitative estimate of drug-likeness (QED) is 0.274. The van der Waals surface area contributed by atoms with Gasteiger partial charge in [-0.2, -0.15) is 0 Å². The van der Waals surface area contributed by atoms with Crippen LogP contribution in [0.4, 0.5) is 4.79 Å². The molecule has 156 valence electrons. The van der Waals surface area contributed by atoms with Gasteiger partial charge in [-0.05, 0) is 30.0 Å². The third-order valence-electron chi connectivity index (χ3n) is 3.86. The lowest BCUT2D eigenvalue weighted by atomic mass is 10.1. The van der Waals surface area contributed by atoms with Crippen LogP contribution in [0.25, 0.3) is 11.4 Å². The van der Waals surface area contributed by atoms with E-state index in [1.165, 1.54) is 14.2 Å². The fraction of sp³-hybridized carbons (Fsp3) is 0.176. The summed E-state index contributed by atoms with van der Waals surface area (Å²) in [4.78, 5) is 50.2. The zero-order valence-electron chi connectivity index (χ0n) is 15.6. The lowest BCUT2D eigenvalue weighted by Crippen LogP contribution is -2.55. The number of nitrogens with zero attached hydrogens (tertiary/aromatic N) is 2. The number of ether oxygens (including phenoxy) is 2. The van der Waals surface area contributed by atoms with E-state index in [1.807, 2.05) is 10.6 Å². The number of nitrogens with one attached hydrogen (secondary N) is 3. The van der Waals surface area contributed by atoms with Crippen LogP contribution in [0, 0.1) is 5.92 Å². The van der Waals surface area contributed by atoms with Crippen molar-refractivity contribution in [1.29, 1.82) is 0 Å². The van der Waals surface area contributed by atoms with Crippen LogP contribution < -0.4 is 20.1 Å². The Morgan fingerprint density at radius 1 is 1.10 bits per heavy atom. The summed E-state index contributed by atoms with van der Waals surface area (Å²) in [5.41, 5.74) is 0.580. The van der Waals surface area contributed by atoms with Crippen LogP contribution in [0.2, 0.25) is 0 Å². The summed E-state index contributed by atoms with van der Waals surface area (Å²) in [6.45, 7) is 0. The molecule has 4 amide bonds. The minimum absolute atomic E-state index is 0.0353. The zero-order valence-corrected chi connectivity index (χ0v) is 16.4. The molecule has 2 aromatic rings. The number of rotatable bonds is 7. The van der Waals surface area contributed by atoms with E-state index in [0.29, 0.717) is 34.6 Å². The van der Waals surface area contributed by atoms with Crippen molar-refractivity contribution in [3.8, 4) is 22.9 Å². The number of imide groups is 2. The van der Waals surface area contributed by atoms with Gasteiger partial charge in [0.1, 0.15) is 17.4 Å². The molecule has 0 aliphatic carbocycles. The lowest BCUT2D eigenvalue weighted by molar-refractivity contribution is -0.133. The van der Waals surface area contributed by atoms with E-state index in [0.717, 1.165) is 6.08 Å². The van der Waals surface area contributed by atoms with Crippen molar-refractivity contribution < 1.29 is 33.8 Å². The van der Waals surface area contributed by atoms with Crippen LogP contribution in [-0.4, -0.2) is 58.3 Å². The zero-order chi connectivity index (χ0) is 21.8. The highest BCUT2D eigenvalue weighted by Gasteiger charge is 2.34. The summed E-state index contributed by atoms with van der Waals surface area (Å²) in [6.07, 6.45) is 0.925. The maximum absolute atomic E-state index is 11.8. The minimum Gasteiger partial charge on any atom is -0.497 e. The van der Waals surface area contributed by atoms with E-state index in [1.54, 1.807) is 18.2 Å². The molecule has 30 heavy (non-hydrogen) atoms. The number of barbiturate groups is 1. The van der Waals surface area contributed by atoms with Crippen LogP contribution >= 0.6 is 11.8 Å². The molecule has 0 unspecified atom stereocenters. The average molecular weight is 433 g/mol. The van der Waals surface area contributed by atoms with Crippen molar-refractivity contribution in [2.75, 3.05) is 14.2 Å². The van der Waals surface area contributed by atoms with Gasteiger partial charge in [0.2, 0.25) is 17.0 Å². The molecule has 12 nitrogen and oxygen atoms in total. The maximum Gasteiger partial charge on any atom is 0.342 e. The number of carboxylic acids is 1. The van der Waals surface area contributed by atoms with E-state index in [9.17, 15) is 24.3 Å². The Bertz CT molecular complexity index is 1020. The summed E-state index contributed by atoms with van der Waals surface area (Å²) < 4.78 is 10.4. The second kappa shape index (κ2) is 8.65. The van der Waals surface area contributed by atoms with Crippen molar-refractivity contribution in [2.24, 2.45) is 5.92 Å². The number of hydrogen-bond acceptors (Lipinski definition) is 9. The van der Waals surface area contributed by atoms with Crippen molar-refractivity contribution in [3.05, 3.63) is 29.2 Å². The number of aromatic amines is 1. The van der Waals surface area contributed by atoms with E-state index in [4.69, 9.17) is 9.47 Å². The SMILES string of the molecule is COc1cc(OC)cc(-c2nc(S/C(=C/C3C(=O)NC(=O)NC3=O)C(=O)O)n[nH]2)c1. The third-order valence-corrected chi connectivity index (χ3v) is 4.75. The normalized spacial score (nSPS) is 14.9. The van der Waals surface area contributed by atoms with Gasteiger partial charge in [0, 0.05) is 11.6 Å². The first kappa shape index (κ1) is 20.9. The third kappa shape index (κ3) is 4.57. The van der Waals surface area contributed by atoms with Crippen molar-refractivity contribution in [3.63, 3.8) is 0 Å². The molecular formula is C17H15N5O7S. The number of urea groups is 1. The standard InChI is InChI=1S/C17H15N5O7S/c1-28-8-3-7(4-9(5-8)29-2)12-18-17(22-21-12)30-11(15(25)26)6-10-13(23)19-16(27)20-14(10)24/h3-6,10H,1-2H3,(H,25,26)(H,18,21,22)(H2,19,20,23,24,27)/b11-6+. The molecule has 13 heteroatoms. The molecule has 0 radical (unpaired) electrons. The first-order chi connectivity index (χ1) is 14.3. The number of carbonyl (C=O) groups excluding carboxylic acids is 3. The fourth-order valence-corrected chi connectivity index (χ4v) is 3.16. The summed E-state index contributed by atoms with van der Waals surface area (Å²) in [5.74, 6) is -3.38. The number of aromatic nitrogens is 3. The second-order valence-corrected chi connectivity index (χ2v) is 6.80. The Kier molecular flexibility index (Phi) is 6.01. The maximum atomic E-state index is 11.8. The van der Waals surface area contributed by atoms with Crippen LogP contribution in [0.1, 0.15) is 0 Å². The molecule has 1 aromatic carbocycles. The number of hydrogen-bond donors (Lipinski definition) is 4. The molecule has 2 heterocycles. The monoisotopic (exact) mass is 433 g/mol. The average Bonchev–Trinajstić information content (AvgIpc) is 3.17. The van der Waals surface area contributed by atoms with Gasteiger partial charge in [0.15, 0.2) is 5.82 Å². The molecule has 3 rings (SSSR count). The predicted molar refractivity (Wildman–Crippen MR) is 102 cm³/mol. The molecule has 1 aliphatic heterocycles. The number of amides is 4. The number of carboxylic acid groups (broad SMARTS) is 1. The Balaban J connectivity index is 1.86. The van der Waals surface area contributed by atoms with Crippen LogP contribution in [0.3, 0.4) is 0 Å².